The summed E-state index contributed by atoms with van der Waals surface area (Å²) < 4.78 is 63.1. The van der Waals surface area contributed by atoms with Gasteiger partial charge >= 0.3 is 13.5 Å². The molecule has 0 aromatic carbocycles. The predicted molar refractivity (Wildman–Crippen MR) is 158 cm³/mol. The summed E-state index contributed by atoms with van der Waals surface area (Å²) in [5, 5.41) is 11.2. The van der Waals surface area contributed by atoms with E-state index in [1.54, 1.807) is 0 Å². The highest BCUT2D eigenvalue weighted by atomic mass is 32.7. The first-order valence-electron chi connectivity index (χ1n) is 13.3. The third-order valence-corrected chi connectivity index (χ3v) is 11.1. The fourth-order valence-electron chi connectivity index (χ4n) is 5.76. The molecule has 0 amide bonds. The van der Waals surface area contributed by atoms with E-state index in [1.807, 2.05) is 0 Å². The molecule has 1 aliphatic carbocycles. The predicted octanol–water partition coefficient (Wildman–Crippen LogP) is 0.255. The van der Waals surface area contributed by atoms with Crippen molar-refractivity contribution >= 4 is 59.9 Å². The van der Waals surface area contributed by atoms with Crippen LogP contribution >= 0.6 is 25.8 Å². The first-order valence-corrected chi connectivity index (χ1v) is 18.6. The maximum absolute atomic E-state index is 16.1. The van der Waals surface area contributed by atoms with E-state index in [-0.39, 0.29) is 28.7 Å². The Bertz CT molecular complexity index is 2040. The molecule has 6 heterocycles. The highest BCUT2D eigenvalue weighted by Gasteiger charge is 2.54. The van der Waals surface area contributed by atoms with Gasteiger partial charge in [0.15, 0.2) is 34.7 Å². The Morgan fingerprint density at radius 1 is 0.933 bits per heavy atom. The van der Waals surface area contributed by atoms with Crippen molar-refractivity contribution in [3.63, 3.8) is 0 Å². The maximum Gasteiger partial charge on any atom is 0.386 e. The molecule has 242 valence electrons. The number of aryl methyl sites for hydroxylation is 2. The van der Waals surface area contributed by atoms with Gasteiger partial charge in [0.1, 0.15) is 24.4 Å². The smallest absolute Gasteiger partial charge is 0.386 e. The summed E-state index contributed by atoms with van der Waals surface area (Å²) in [6.45, 7) is -9.27. The Labute approximate surface area is 261 Å². The van der Waals surface area contributed by atoms with Crippen molar-refractivity contribution in [2.45, 2.75) is 55.4 Å². The molecule has 2 unspecified atom stereocenters. The summed E-state index contributed by atoms with van der Waals surface area (Å²) in [5.41, 5.74) is -0.729. The van der Waals surface area contributed by atoms with Gasteiger partial charge in [-0.1, -0.05) is 12.2 Å². The SMILES string of the molecule is Cn1cnc2c(ncn2[C@@H]2C[C@@H]3OP(O)(=S)O[C@H]4[C@@H](F)[C@H](n5cnc6c(=O)n(C)cnc65)O[C@@H]4COP(=O)(S)O[C@@H]2[C@@H]3O)c1=O. The van der Waals surface area contributed by atoms with Crippen LogP contribution in [0.15, 0.2) is 34.9 Å². The third kappa shape index (κ3) is 5.33. The largest absolute Gasteiger partial charge is 0.388 e. The van der Waals surface area contributed by atoms with Crippen LogP contribution in [-0.2, 0) is 53.3 Å². The van der Waals surface area contributed by atoms with Gasteiger partial charge in [0.2, 0.25) is 0 Å². The fraction of sp³-hybridized carbons (Fsp3) is 0.545. The molecule has 0 spiro atoms. The van der Waals surface area contributed by atoms with Crippen molar-refractivity contribution in [3.8, 4) is 0 Å². The highest BCUT2D eigenvalue weighted by Crippen LogP contribution is 2.60. The molecule has 4 aromatic heterocycles. The second-order valence-corrected chi connectivity index (χ2v) is 16.4. The monoisotopic (exact) mass is 706 g/mol. The van der Waals surface area contributed by atoms with Crippen molar-refractivity contribution in [2.24, 2.45) is 14.1 Å². The van der Waals surface area contributed by atoms with Gasteiger partial charge < -0.3 is 33.0 Å². The van der Waals surface area contributed by atoms with E-state index in [9.17, 15) is 24.2 Å². The molecule has 2 bridgehead atoms. The summed E-state index contributed by atoms with van der Waals surface area (Å²) in [6, 6.07) is -0.904. The minimum absolute atomic E-state index is 0.0257. The highest BCUT2D eigenvalue weighted by molar-refractivity contribution is 8.44. The van der Waals surface area contributed by atoms with Gasteiger partial charge in [0, 0.05) is 20.5 Å². The minimum atomic E-state index is -4.33. The number of fused-ring (bicyclic) bond motifs is 5. The lowest BCUT2D eigenvalue weighted by Gasteiger charge is -2.30. The number of aliphatic hydroxyl groups is 1. The average molecular weight is 707 g/mol. The Balaban J connectivity index is 1.22. The molecule has 3 aliphatic rings. The molecule has 7 rings (SSSR count). The summed E-state index contributed by atoms with van der Waals surface area (Å²) in [4.78, 5) is 52.7. The van der Waals surface area contributed by atoms with Crippen molar-refractivity contribution in [1.29, 1.82) is 0 Å². The second kappa shape index (κ2) is 11.1. The number of thiol groups is 1. The number of imidazole rings is 2. The van der Waals surface area contributed by atoms with E-state index in [0.717, 1.165) is 0 Å². The standard InChI is InChI=1S/C22H25FN8O10P2S2/c1-28-5-26-18-13(20(28)33)24-7-30(18)9-3-10-15(32)16(9)40-42(35,44)37-4-11-17(41-43(36,45)39-10)12(23)22(38-11)31-8-25-14-19(31)27-6-29(2)21(14)34/h5-12,15-17,22,32H,3-4H2,1-2H3,(H,35,44)(H,36,45)/t9-,10+,11-,12-,15-,16+,17-,22-,42?,43?/m1/s1. The molecule has 2 saturated heterocycles. The van der Waals surface area contributed by atoms with Crippen LogP contribution in [0.5, 0.6) is 0 Å². The molecule has 1 saturated carbocycles. The van der Waals surface area contributed by atoms with Gasteiger partial charge in [-0.25, -0.2) is 28.9 Å². The van der Waals surface area contributed by atoms with Crippen LogP contribution in [0.3, 0.4) is 0 Å². The number of aromatic nitrogens is 8. The zero-order chi connectivity index (χ0) is 32.0. The van der Waals surface area contributed by atoms with Gasteiger partial charge in [-0.15, -0.1) is 0 Å². The maximum atomic E-state index is 16.1. The zero-order valence-corrected chi connectivity index (χ0v) is 26.7. The molecule has 2 N–H and O–H groups in total. The number of rotatable bonds is 2. The number of ether oxygens (including phenoxy) is 1. The molecule has 4 aromatic rings. The molecule has 10 atom stereocenters. The molecule has 23 heteroatoms. The van der Waals surface area contributed by atoms with Gasteiger partial charge in [0.05, 0.1) is 44.1 Å². The molecule has 2 aliphatic heterocycles. The van der Waals surface area contributed by atoms with Crippen LogP contribution < -0.4 is 11.1 Å². The quantitative estimate of drug-likeness (QED) is 0.189. The number of nitrogens with zero attached hydrogens (tertiary/aromatic N) is 8. The molecule has 45 heavy (non-hydrogen) atoms. The number of alkyl halides is 1. The van der Waals surface area contributed by atoms with Gasteiger partial charge in [-0.2, -0.15) is 0 Å². The van der Waals surface area contributed by atoms with Crippen molar-refractivity contribution < 1.29 is 41.8 Å². The lowest BCUT2D eigenvalue weighted by molar-refractivity contribution is -0.0539. The van der Waals surface area contributed by atoms with Crippen LogP contribution in [0.4, 0.5) is 4.39 Å². The fourth-order valence-corrected chi connectivity index (χ4v) is 9.05. The summed E-state index contributed by atoms with van der Waals surface area (Å²) in [5.74, 6) is 0. The van der Waals surface area contributed by atoms with E-state index in [0.29, 0.717) is 0 Å². The van der Waals surface area contributed by atoms with E-state index >= 15 is 4.39 Å². The second-order valence-electron chi connectivity index (χ2n) is 10.8. The van der Waals surface area contributed by atoms with Gasteiger partial charge in [0.25, 0.3) is 11.1 Å². The molecular formula is C22H25FN8O10P2S2. The van der Waals surface area contributed by atoms with Crippen LogP contribution in [0, 0.1) is 0 Å². The summed E-state index contributed by atoms with van der Waals surface area (Å²) in [6.07, 6.45) is -5.81. The molecule has 0 radical (unpaired) electrons. The van der Waals surface area contributed by atoms with Crippen LogP contribution in [0.1, 0.15) is 18.7 Å². The van der Waals surface area contributed by atoms with Crippen LogP contribution in [-0.4, -0.2) is 91.5 Å². The number of aliphatic hydroxyl groups excluding tert-OH is 1. The topological polar surface area (TPSA) is 209 Å². The normalized spacial score (nSPS) is 37.5. The Morgan fingerprint density at radius 3 is 2.18 bits per heavy atom. The summed E-state index contributed by atoms with van der Waals surface area (Å²) in [7, 11) is 2.99. The average Bonchev–Trinajstić information content (AvgIpc) is 3.73. The lowest BCUT2D eigenvalue weighted by atomic mass is 10.1. The first-order chi connectivity index (χ1) is 21.2. The van der Waals surface area contributed by atoms with E-state index in [4.69, 9.17) is 34.6 Å². The van der Waals surface area contributed by atoms with Crippen molar-refractivity contribution in [1.82, 2.24) is 38.2 Å². The number of hydrogen-bond donors (Lipinski definition) is 3. The molecule has 3 fully saturated rings. The van der Waals surface area contributed by atoms with Crippen LogP contribution in [0.2, 0.25) is 0 Å². The number of halogens is 1. The van der Waals surface area contributed by atoms with Crippen LogP contribution in [0.25, 0.3) is 22.3 Å². The Hall–Kier alpha value is -2.42. The zero-order valence-electron chi connectivity index (χ0n) is 23.2. The van der Waals surface area contributed by atoms with Gasteiger partial charge in [-0.3, -0.25) is 27.7 Å². The number of hydrogen-bond acceptors (Lipinski definition) is 14. The van der Waals surface area contributed by atoms with Gasteiger partial charge in [-0.05, 0) is 11.8 Å². The van der Waals surface area contributed by atoms with Crippen molar-refractivity contribution in [2.75, 3.05) is 6.61 Å². The van der Waals surface area contributed by atoms with Crippen molar-refractivity contribution in [3.05, 3.63) is 46.0 Å². The Morgan fingerprint density at radius 2 is 1.53 bits per heavy atom. The van der Waals surface area contributed by atoms with E-state index in [1.165, 1.54) is 57.7 Å². The third-order valence-electron chi connectivity index (χ3n) is 7.94. The Kier molecular flexibility index (Phi) is 7.69. The minimum Gasteiger partial charge on any atom is -0.388 e. The molecular weight excluding hydrogens is 681 g/mol. The first kappa shape index (κ1) is 31.2. The van der Waals surface area contributed by atoms with E-state index in [2.05, 4.69) is 32.2 Å². The lowest BCUT2D eigenvalue weighted by Crippen LogP contribution is -2.37. The summed E-state index contributed by atoms with van der Waals surface area (Å²) >= 11 is 9.32. The van der Waals surface area contributed by atoms with E-state index < -0.39 is 80.2 Å². The molecule has 18 nitrogen and oxygen atoms in total.